The van der Waals surface area contributed by atoms with Crippen LogP contribution in [-0.4, -0.2) is 25.3 Å². The van der Waals surface area contributed by atoms with Crippen LogP contribution in [0.5, 0.6) is 0 Å². The Morgan fingerprint density at radius 3 is 2.56 bits per heavy atom. The number of aryl methyl sites for hydroxylation is 1. The van der Waals surface area contributed by atoms with Gasteiger partial charge >= 0.3 is 0 Å². The number of anilines is 1. The molecule has 0 bridgehead atoms. The normalized spacial score (nSPS) is 11.3. The van der Waals surface area contributed by atoms with E-state index in [9.17, 15) is 18.5 Å². The molecule has 1 aromatic carbocycles. The summed E-state index contributed by atoms with van der Waals surface area (Å²) in [6.07, 6.45) is 1.37. The highest BCUT2D eigenvalue weighted by molar-refractivity contribution is 7.90. The fourth-order valence-corrected chi connectivity index (χ4v) is 1.81. The first-order chi connectivity index (χ1) is 7.29. The molecule has 6 nitrogen and oxygen atoms in total. The van der Waals surface area contributed by atoms with E-state index >= 15 is 0 Å². The van der Waals surface area contributed by atoms with Gasteiger partial charge < -0.3 is 5.73 Å². The van der Waals surface area contributed by atoms with Crippen molar-refractivity contribution in [3.63, 3.8) is 0 Å². The van der Waals surface area contributed by atoms with Crippen molar-refractivity contribution < 1.29 is 13.3 Å². The van der Waals surface area contributed by atoms with Crippen LogP contribution in [0.4, 0.5) is 11.4 Å². The summed E-state index contributed by atoms with van der Waals surface area (Å²) in [5.41, 5.74) is 5.89. The minimum Gasteiger partial charge on any atom is -0.393 e. The molecule has 0 amide bonds. The molecule has 0 fully saturated rings. The van der Waals surface area contributed by atoms with Crippen LogP contribution >= 0.6 is 0 Å². The third kappa shape index (κ3) is 3.50. The van der Waals surface area contributed by atoms with Gasteiger partial charge in [-0.3, -0.25) is 10.1 Å². The van der Waals surface area contributed by atoms with E-state index in [1.54, 1.807) is 6.07 Å². The largest absolute Gasteiger partial charge is 0.393 e. The lowest BCUT2D eigenvalue weighted by molar-refractivity contribution is -0.383. The van der Waals surface area contributed by atoms with E-state index in [2.05, 4.69) is 0 Å². The molecule has 0 aliphatic rings. The van der Waals surface area contributed by atoms with Crippen molar-refractivity contribution in [3.05, 3.63) is 33.9 Å². The molecular formula is C9H12N2O4S. The molecule has 0 aliphatic carbocycles. The van der Waals surface area contributed by atoms with Gasteiger partial charge in [0, 0.05) is 12.3 Å². The number of rotatable bonds is 4. The smallest absolute Gasteiger partial charge is 0.292 e. The maximum absolute atomic E-state index is 10.9. The van der Waals surface area contributed by atoms with Gasteiger partial charge in [0.1, 0.15) is 15.5 Å². The maximum atomic E-state index is 10.9. The van der Waals surface area contributed by atoms with Crippen LogP contribution in [0.2, 0.25) is 0 Å². The number of hydrogen-bond donors (Lipinski definition) is 1. The van der Waals surface area contributed by atoms with Gasteiger partial charge in [0.2, 0.25) is 0 Å². The summed E-state index contributed by atoms with van der Waals surface area (Å²) in [5.74, 6) is -0.0337. The third-order valence-corrected chi connectivity index (χ3v) is 3.00. The molecule has 7 heteroatoms. The van der Waals surface area contributed by atoms with Crippen LogP contribution in [0.1, 0.15) is 5.56 Å². The van der Waals surface area contributed by atoms with Crippen molar-refractivity contribution in [2.24, 2.45) is 0 Å². The standard InChI is InChI=1S/C9H12N2O4S/c1-16(14,15)5-4-7-2-3-8(10)9(6-7)11(12)13/h2-3,6H,4-5,10H2,1H3. The minimum atomic E-state index is -3.07. The van der Waals surface area contributed by atoms with Gasteiger partial charge in [-0.05, 0) is 18.1 Å². The van der Waals surface area contributed by atoms with Gasteiger partial charge in [-0.25, -0.2) is 8.42 Å². The highest BCUT2D eigenvalue weighted by Gasteiger charge is 2.12. The molecule has 1 aromatic rings. The first-order valence-electron chi connectivity index (χ1n) is 4.50. The Hall–Kier alpha value is -1.63. The Balaban J connectivity index is 2.91. The second-order valence-corrected chi connectivity index (χ2v) is 5.79. The van der Waals surface area contributed by atoms with Crippen LogP contribution in [0.3, 0.4) is 0 Å². The predicted octanol–water partition coefficient (Wildman–Crippen LogP) is 0.764. The highest BCUT2D eigenvalue weighted by atomic mass is 32.2. The first kappa shape index (κ1) is 12.4. The number of nitro benzene ring substituents is 1. The van der Waals surface area contributed by atoms with Crippen molar-refractivity contribution in [2.45, 2.75) is 6.42 Å². The molecule has 0 spiro atoms. The van der Waals surface area contributed by atoms with Crippen molar-refractivity contribution in [2.75, 3.05) is 17.7 Å². The van der Waals surface area contributed by atoms with E-state index in [0.29, 0.717) is 5.56 Å². The summed E-state index contributed by atoms with van der Waals surface area (Å²) < 4.78 is 21.9. The van der Waals surface area contributed by atoms with Crippen LogP contribution in [0.25, 0.3) is 0 Å². The van der Waals surface area contributed by atoms with Gasteiger partial charge in [0.05, 0.1) is 10.7 Å². The van der Waals surface area contributed by atoms with E-state index in [0.717, 1.165) is 6.26 Å². The van der Waals surface area contributed by atoms with E-state index in [1.807, 2.05) is 0 Å². The Kier molecular flexibility index (Phi) is 3.48. The molecular weight excluding hydrogens is 232 g/mol. The Bertz CT molecular complexity index is 510. The summed E-state index contributed by atoms with van der Waals surface area (Å²) in [4.78, 5) is 10.00. The lowest BCUT2D eigenvalue weighted by Gasteiger charge is -2.02. The molecule has 0 unspecified atom stereocenters. The molecule has 0 atom stereocenters. The van der Waals surface area contributed by atoms with E-state index < -0.39 is 14.8 Å². The van der Waals surface area contributed by atoms with E-state index in [1.165, 1.54) is 12.1 Å². The quantitative estimate of drug-likeness (QED) is 0.478. The molecule has 0 aliphatic heterocycles. The van der Waals surface area contributed by atoms with Crippen molar-refractivity contribution in [1.82, 2.24) is 0 Å². The molecule has 16 heavy (non-hydrogen) atoms. The second kappa shape index (κ2) is 4.48. The van der Waals surface area contributed by atoms with Crippen LogP contribution in [-0.2, 0) is 16.3 Å². The summed E-state index contributed by atoms with van der Waals surface area (Å²) in [6, 6.07) is 4.31. The number of nitrogen functional groups attached to an aromatic ring is 1. The molecule has 0 heterocycles. The maximum Gasteiger partial charge on any atom is 0.292 e. The van der Waals surface area contributed by atoms with Crippen molar-refractivity contribution in [3.8, 4) is 0 Å². The van der Waals surface area contributed by atoms with Crippen molar-refractivity contribution in [1.29, 1.82) is 0 Å². The number of sulfone groups is 1. The summed E-state index contributed by atoms with van der Waals surface area (Å²) in [6.45, 7) is 0. The molecule has 88 valence electrons. The van der Waals surface area contributed by atoms with Gasteiger partial charge in [-0.1, -0.05) is 6.07 Å². The topological polar surface area (TPSA) is 103 Å². The van der Waals surface area contributed by atoms with Crippen LogP contribution in [0.15, 0.2) is 18.2 Å². The monoisotopic (exact) mass is 244 g/mol. The zero-order valence-corrected chi connectivity index (χ0v) is 9.53. The zero-order chi connectivity index (χ0) is 12.3. The summed E-state index contributed by atoms with van der Waals surface area (Å²) >= 11 is 0. The Morgan fingerprint density at radius 2 is 2.06 bits per heavy atom. The molecule has 0 saturated heterocycles. The van der Waals surface area contributed by atoms with Crippen LogP contribution in [0, 0.1) is 10.1 Å². The fourth-order valence-electron chi connectivity index (χ4n) is 1.21. The van der Waals surface area contributed by atoms with Gasteiger partial charge in [-0.15, -0.1) is 0 Å². The molecule has 0 aromatic heterocycles. The molecule has 0 saturated carbocycles. The van der Waals surface area contributed by atoms with Crippen LogP contribution < -0.4 is 5.73 Å². The highest BCUT2D eigenvalue weighted by Crippen LogP contribution is 2.22. The average Bonchev–Trinajstić information content (AvgIpc) is 2.14. The van der Waals surface area contributed by atoms with Gasteiger partial charge in [0.25, 0.3) is 5.69 Å². The fraction of sp³-hybridized carbons (Fsp3) is 0.333. The minimum absolute atomic E-state index is 0.0337. The summed E-state index contributed by atoms with van der Waals surface area (Å²) in [7, 11) is -3.07. The number of benzene rings is 1. The Labute approximate surface area is 93.1 Å². The average molecular weight is 244 g/mol. The predicted molar refractivity (Wildman–Crippen MR) is 60.9 cm³/mol. The van der Waals surface area contributed by atoms with E-state index in [-0.39, 0.29) is 23.5 Å². The zero-order valence-electron chi connectivity index (χ0n) is 8.71. The molecule has 2 N–H and O–H groups in total. The summed E-state index contributed by atoms with van der Waals surface area (Å²) in [5, 5.41) is 10.6. The number of nitro groups is 1. The number of nitrogens with zero attached hydrogens (tertiary/aromatic N) is 1. The molecule has 0 radical (unpaired) electrons. The lowest BCUT2D eigenvalue weighted by atomic mass is 10.1. The third-order valence-electron chi connectivity index (χ3n) is 2.05. The van der Waals surface area contributed by atoms with E-state index in [4.69, 9.17) is 5.73 Å². The second-order valence-electron chi connectivity index (χ2n) is 3.53. The molecule has 1 rings (SSSR count). The Morgan fingerprint density at radius 1 is 1.44 bits per heavy atom. The van der Waals surface area contributed by atoms with Gasteiger partial charge in [0.15, 0.2) is 0 Å². The van der Waals surface area contributed by atoms with Crippen molar-refractivity contribution >= 4 is 21.2 Å². The first-order valence-corrected chi connectivity index (χ1v) is 6.56. The number of nitrogens with two attached hydrogens (primary N) is 1. The van der Waals surface area contributed by atoms with Gasteiger partial charge in [-0.2, -0.15) is 0 Å². The lowest BCUT2D eigenvalue weighted by Crippen LogP contribution is -2.06. The number of hydrogen-bond acceptors (Lipinski definition) is 5. The SMILES string of the molecule is CS(=O)(=O)CCc1ccc(N)c([N+](=O)[O-])c1.